The molecule has 0 aliphatic heterocycles. The molecule has 1 aromatic heterocycles. The summed E-state index contributed by atoms with van der Waals surface area (Å²) in [5, 5.41) is 11.6. The maximum absolute atomic E-state index is 13.2. The molecule has 184 valence electrons. The Kier molecular flexibility index (Phi) is 8.79. The van der Waals surface area contributed by atoms with Crippen molar-refractivity contribution >= 4 is 34.9 Å². The number of rotatable bonds is 8. The maximum atomic E-state index is 13.2. The summed E-state index contributed by atoms with van der Waals surface area (Å²) in [4.78, 5) is 17.4. The molecular weight excluding hydrogens is 479 g/mol. The van der Waals surface area contributed by atoms with E-state index in [1.165, 1.54) is 24.0 Å². The van der Waals surface area contributed by atoms with Gasteiger partial charge in [0.25, 0.3) is 0 Å². The number of nitrogens with zero attached hydrogens (tertiary/aromatic N) is 1. The van der Waals surface area contributed by atoms with Gasteiger partial charge >= 0.3 is 5.51 Å². The zero-order valence-electron chi connectivity index (χ0n) is 19.8. The Morgan fingerprint density at radius 1 is 1.15 bits per heavy atom. The molecule has 2 unspecified atom stereocenters. The number of allylic oxidation sites excluding steroid dienone is 2. The molecule has 1 aliphatic rings. The molecule has 0 bridgehead atoms. The van der Waals surface area contributed by atoms with Crippen LogP contribution in [0, 0.1) is 18.8 Å². The number of aliphatic hydroxyl groups excluding tert-OH is 1. The Bertz CT molecular complexity index is 1040. The van der Waals surface area contributed by atoms with Crippen molar-refractivity contribution < 1.29 is 23.1 Å². The van der Waals surface area contributed by atoms with E-state index < -0.39 is 5.51 Å². The molecule has 1 N–H and O–H groups in total. The predicted octanol–water partition coefficient (Wildman–Crippen LogP) is 7.80. The van der Waals surface area contributed by atoms with Crippen LogP contribution in [0.2, 0.25) is 0 Å². The van der Waals surface area contributed by atoms with Crippen molar-refractivity contribution in [3.63, 3.8) is 0 Å². The van der Waals surface area contributed by atoms with E-state index in [0.717, 1.165) is 35.1 Å². The third-order valence-electron chi connectivity index (χ3n) is 6.17. The summed E-state index contributed by atoms with van der Waals surface area (Å²) in [5.41, 5.74) is 0.381. The number of Topliss-reactive ketones (excluding diaryl/α,β-unsaturated/α-hetero) is 1. The minimum Gasteiger partial charge on any atom is -0.512 e. The highest BCUT2D eigenvalue weighted by atomic mass is 32.2. The first-order valence-electron chi connectivity index (χ1n) is 11.4. The number of benzene rings is 1. The summed E-state index contributed by atoms with van der Waals surface area (Å²) < 4.78 is 37.4. The quantitative estimate of drug-likeness (QED) is 0.368. The lowest BCUT2D eigenvalue weighted by molar-refractivity contribution is -0.115. The van der Waals surface area contributed by atoms with Crippen molar-refractivity contribution in [1.82, 2.24) is 4.98 Å². The maximum Gasteiger partial charge on any atom is 0.446 e. The standard InChI is InChI=1S/C26H30F3NO2S2/c1-5-17-9-15(3)10-18(6-2)24(17)25-21(31)11-19(12-22(25)32)16(4)14-33-23-8-7-20(13-30-23)34-26(27,28)29/h7-10,13,16,19,31H,5-6,11-12,14H2,1-4H3. The molecule has 0 saturated heterocycles. The Balaban J connectivity index is 1.71. The fourth-order valence-electron chi connectivity index (χ4n) is 4.43. The van der Waals surface area contributed by atoms with Crippen molar-refractivity contribution in [1.29, 1.82) is 0 Å². The van der Waals surface area contributed by atoms with Crippen LogP contribution in [0.5, 0.6) is 0 Å². The van der Waals surface area contributed by atoms with Crippen LogP contribution in [0.15, 0.2) is 46.1 Å². The lowest BCUT2D eigenvalue weighted by Gasteiger charge is -2.29. The molecular formula is C26H30F3NO2S2. The highest BCUT2D eigenvalue weighted by molar-refractivity contribution is 8.00. The largest absolute Gasteiger partial charge is 0.512 e. The summed E-state index contributed by atoms with van der Waals surface area (Å²) in [6.07, 6.45) is 3.62. The minimum absolute atomic E-state index is 0.00408. The number of hydrogen-bond acceptors (Lipinski definition) is 5. The number of carbonyl (C=O) groups excluding carboxylic acids is 1. The molecule has 3 nitrogen and oxygen atoms in total. The summed E-state index contributed by atoms with van der Waals surface area (Å²) >= 11 is 1.27. The van der Waals surface area contributed by atoms with E-state index in [4.69, 9.17) is 0 Å². The molecule has 34 heavy (non-hydrogen) atoms. The van der Waals surface area contributed by atoms with Crippen molar-refractivity contribution in [2.24, 2.45) is 11.8 Å². The van der Waals surface area contributed by atoms with E-state index in [0.29, 0.717) is 29.2 Å². The number of aryl methyl sites for hydroxylation is 3. The zero-order valence-corrected chi connectivity index (χ0v) is 21.5. The average molecular weight is 510 g/mol. The van der Waals surface area contributed by atoms with E-state index in [1.807, 2.05) is 13.8 Å². The normalized spacial score (nSPS) is 17.9. The molecule has 3 rings (SSSR count). The number of aliphatic hydroxyl groups is 1. The minimum atomic E-state index is -4.33. The SMILES string of the molecule is CCc1cc(C)cc(CC)c1C1=C(O)CC(C(C)CSc2ccc(SC(F)(F)F)cn2)CC1=O. The van der Waals surface area contributed by atoms with E-state index >= 15 is 0 Å². The smallest absolute Gasteiger partial charge is 0.446 e. The third-order valence-corrected chi connectivity index (χ3v) is 8.11. The molecule has 0 amide bonds. The van der Waals surface area contributed by atoms with Gasteiger partial charge < -0.3 is 5.11 Å². The summed E-state index contributed by atoms with van der Waals surface area (Å²) in [5.74, 6) is 0.926. The fraction of sp³-hybridized carbons (Fsp3) is 0.462. The Morgan fingerprint density at radius 2 is 1.79 bits per heavy atom. The average Bonchev–Trinajstić information content (AvgIpc) is 2.77. The molecule has 0 saturated carbocycles. The van der Waals surface area contributed by atoms with Gasteiger partial charge in [-0.15, -0.1) is 11.8 Å². The van der Waals surface area contributed by atoms with Crippen molar-refractivity contribution in [2.75, 3.05) is 5.75 Å². The number of hydrogen-bond donors (Lipinski definition) is 1. The first kappa shape index (κ1) is 26.7. The van der Waals surface area contributed by atoms with Gasteiger partial charge in [-0.1, -0.05) is 38.5 Å². The lowest BCUT2D eigenvalue weighted by atomic mass is 9.76. The van der Waals surface area contributed by atoms with E-state index in [-0.39, 0.29) is 40.0 Å². The van der Waals surface area contributed by atoms with Gasteiger partial charge in [-0.25, -0.2) is 4.98 Å². The number of thioether (sulfide) groups is 2. The Hall–Kier alpha value is -1.93. The third kappa shape index (κ3) is 6.60. The van der Waals surface area contributed by atoms with Crippen LogP contribution in [-0.4, -0.2) is 27.1 Å². The van der Waals surface area contributed by atoms with E-state index in [1.54, 1.807) is 6.07 Å². The number of carbonyl (C=O) groups is 1. The molecule has 0 radical (unpaired) electrons. The highest BCUT2D eigenvalue weighted by Gasteiger charge is 2.33. The van der Waals surface area contributed by atoms with E-state index in [9.17, 15) is 23.1 Å². The van der Waals surface area contributed by atoms with Crippen LogP contribution < -0.4 is 0 Å². The highest BCUT2D eigenvalue weighted by Crippen LogP contribution is 2.40. The summed E-state index contributed by atoms with van der Waals surface area (Å²) in [6, 6.07) is 7.20. The molecule has 1 aliphatic carbocycles. The molecule has 2 aromatic rings. The summed E-state index contributed by atoms with van der Waals surface area (Å²) in [6.45, 7) is 8.21. The van der Waals surface area contributed by atoms with Gasteiger partial charge in [0, 0.05) is 29.7 Å². The Labute approximate surface area is 207 Å². The Morgan fingerprint density at radius 3 is 2.29 bits per heavy atom. The second-order valence-corrected chi connectivity index (χ2v) is 10.9. The van der Waals surface area contributed by atoms with Crippen molar-refractivity contribution in [2.45, 2.75) is 68.8 Å². The van der Waals surface area contributed by atoms with Crippen molar-refractivity contribution in [3.8, 4) is 0 Å². The van der Waals surface area contributed by atoms with Gasteiger partial charge in [0.05, 0.1) is 10.6 Å². The number of halogens is 3. The number of alkyl halides is 3. The summed E-state index contributed by atoms with van der Waals surface area (Å²) in [7, 11) is 0. The van der Waals surface area contributed by atoms with Gasteiger partial charge in [-0.3, -0.25) is 4.79 Å². The van der Waals surface area contributed by atoms with Crippen LogP contribution in [0.1, 0.15) is 55.9 Å². The molecule has 8 heteroatoms. The van der Waals surface area contributed by atoms with Gasteiger partial charge in [-0.05, 0) is 72.2 Å². The lowest BCUT2D eigenvalue weighted by Crippen LogP contribution is -2.25. The zero-order chi connectivity index (χ0) is 25.0. The fourth-order valence-corrected chi connectivity index (χ4v) is 5.94. The number of ketones is 1. The second-order valence-electron chi connectivity index (χ2n) is 8.75. The van der Waals surface area contributed by atoms with Crippen LogP contribution >= 0.6 is 23.5 Å². The molecule has 0 fully saturated rings. The monoisotopic (exact) mass is 509 g/mol. The van der Waals surface area contributed by atoms with Crippen molar-refractivity contribution in [3.05, 3.63) is 58.5 Å². The van der Waals surface area contributed by atoms with Crippen LogP contribution in [0.3, 0.4) is 0 Å². The molecule has 0 spiro atoms. The topological polar surface area (TPSA) is 50.2 Å². The molecule has 2 atom stereocenters. The van der Waals surface area contributed by atoms with Gasteiger partial charge in [0.15, 0.2) is 5.78 Å². The van der Waals surface area contributed by atoms with Gasteiger partial charge in [-0.2, -0.15) is 13.2 Å². The second kappa shape index (κ2) is 11.2. The first-order valence-corrected chi connectivity index (χ1v) is 13.2. The number of pyridine rings is 1. The van der Waals surface area contributed by atoms with Crippen LogP contribution in [0.25, 0.3) is 5.57 Å². The first-order chi connectivity index (χ1) is 16.0. The van der Waals surface area contributed by atoms with Crippen LogP contribution in [-0.2, 0) is 17.6 Å². The molecule has 1 heterocycles. The number of aromatic nitrogens is 1. The molecule has 1 aromatic carbocycles. The van der Waals surface area contributed by atoms with Gasteiger partial charge in [0.2, 0.25) is 0 Å². The van der Waals surface area contributed by atoms with E-state index in [2.05, 4.69) is 31.0 Å². The predicted molar refractivity (Wildman–Crippen MR) is 133 cm³/mol. The van der Waals surface area contributed by atoms with Crippen LogP contribution in [0.4, 0.5) is 13.2 Å². The van der Waals surface area contributed by atoms with Gasteiger partial charge in [0.1, 0.15) is 5.76 Å².